The van der Waals surface area contributed by atoms with Crippen LogP contribution in [0.3, 0.4) is 0 Å². The summed E-state index contributed by atoms with van der Waals surface area (Å²) in [5.74, 6) is -0.841. The molecule has 1 aliphatic heterocycles. The first-order chi connectivity index (χ1) is 9.45. The van der Waals surface area contributed by atoms with E-state index in [0.717, 1.165) is 6.07 Å². The van der Waals surface area contributed by atoms with Crippen molar-refractivity contribution >= 4 is 0 Å². The second-order valence-corrected chi connectivity index (χ2v) is 5.80. The second-order valence-electron chi connectivity index (χ2n) is 5.80. The van der Waals surface area contributed by atoms with Gasteiger partial charge in [0.2, 0.25) is 0 Å². The zero-order valence-corrected chi connectivity index (χ0v) is 12.5. The van der Waals surface area contributed by atoms with Gasteiger partial charge in [0, 0.05) is 12.0 Å². The summed E-state index contributed by atoms with van der Waals surface area (Å²) in [6.07, 6.45) is 0.785. The molecule has 1 aliphatic rings. The fraction of sp³-hybridized carbons (Fsp3) is 0.625. The Morgan fingerprint density at radius 2 is 1.90 bits per heavy atom. The number of likely N-dealkylation sites (N-methyl/N-ethyl adjacent to an activating group) is 1. The van der Waals surface area contributed by atoms with Gasteiger partial charge in [-0.05, 0) is 44.9 Å². The van der Waals surface area contributed by atoms with E-state index in [-0.39, 0.29) is 24.2 Å². The van der Waals surface area contributed by atoms with Crippen molar-refractivity contribution in [3.63, 3.8) is 0 Å². The van der Waals surface area contributed by atoms with E-state index in [4.69, 9.17) is 4.74 Å². The van der Waals surface area contributed by atoms with Crippen LogP contribution in [-0.4, -0.2) is 25.3 Å². The first-order valence-corrected chi connectivity index (χ1v) is 7.21. The van der Waals surface area contributed by atoms with E-state index >= 15 is 0 Å². The lowest BCUT2D eigenvalue weighted by atomic mass is 9.81. The van der Waals surface area contributed by atoms with Gasteiger partial charge in [-0.3, -0.25) is 0 Å². The summed E-state index contributed by atoms with van der Waals surface area (Å²) in [7, 11) is 1.87. The van der Waals surface area contributed by atoms with E-state index in [1.807, 2.05) is 7.05 Å². The van der Waals surface area contributed by atoms with Gasteiger partial charge in [-0.25, -0.2) is 8.78 Å². The summed E-state index contributed by atoms with van der Waals surface area (Å²) in [5, 5.41) is 3.25. The summed E-state index contributed by atoms with van der Waals surface area (Å²) in [4.78, 5) is 0. The minimum atomic E-state index is -0.783. The normalized spacial score (nSPS) is 31.5. The molecule has 5 unspecified atom stereocenters. The van der Waals surface area contributed by atoms with Crippen LogP contribution in [0.4, 0.5) is 8.78 Å². The van der Waals surface area contributed by atoms with Crippen molar-refractivity contribution < 1.29 is 13.5 Å². The van der Waals surface area contributed by atoms with Gasteiger partial charge in [0.1, 0.15) is 0 Å². The number of rotatable bonds is 4. The average molecular weight is 283 g/mol. The fourth-order valence-corrected chi connectivity index (χ4v) is 3.36. The SMILES string of the molecule is CNC(Cc1cccc(F)c1F)C1C(C)OC(C)C1C. The van der Waals surface area contributed by atoms with Crippen molar-refractivity contribution in [2.24, 2.45) is 11.8 Å². The highest BCUT2D eigenvalue weighted by molar-refractivity contribution is 5.20. The average Bonchev–Trinajstić information content (AvgIpc) is 2.66. The smallest absolute Gasteiger partial charge is 0.162 e. The van der Waals surface area contributed by atoms with Crippen molar-refractivity contribution in [2.75, 3.05) is 7.05 Å². The highest BCUT2D eigenvalue weighted by atomic mass is 19.2. The Morgan fingerprint density at radius 1 is 1.20 bits per heavy atom. The molecular formula is C16H23F2NO. The lowest BCUT2D eigenvalue weighted by Gasteiger charge is -2.29. The van der Waals surface area contributed by atoms with Crippen LogP contribution in [0.1, 0.15) is 26.3 Å². The molecule has 0 saturated carbocycles. The lowest BCUT2D eigenvalue weighted by molar-refractivity contribution is 0.0478. The summed E-state index contributed by atoms with van der Waals surface area (Å²) in [6.45, 7) is 6.28. The zero-order valence-electron chi connectivity index (χ0n) is 12.5. The number of halogens is 2. The Morgan fingerprint density at radius 3 is 2.45 bits per heavy atom. The number of hydrogen-bond donors (Lipinski definition) is 1. The van der Waals surface area contributed by atoms with Crippen LogP contribution < -0.4 is 5.32 Å². The van der Waals surface area contributed by atoms with Gasteiger partial charge in [-0.2, -0.15) is 0 Å². The molecule has 2 rings (SSSR count). The molecule has 5 atom stereocenters. The first-order valence-electron chi connectivity index (χ1n) is 7.21. The molecule has 0 aromatic heterocycles. The minimum absolute atomic E-state index is 0.0706. The standard InChI is InChI=1S/C16H23F2NO/c1-9-10(2)20-11(3)15(9)14(19-4)8-12-6-5-7-13(17)16(12)18/h5-7,9-11,14-15,19H,8H2,1-4H3. The maximum atomic E-state index is 13.8. The Hall–Kier alpha value is -1.00. The van der Waals surface area contributed by atoms with E-state index in [2.05, 4.69) is 26.1 Å². The van der Waals surface area contributed by atoms with Gasteiger partial charge in [-0.15, -0.1) is 0 Å². The van der Waals surface area contributed by atoms with Gasteiger partial charge in [0.25, 0.3) is 0 Å². The quantitative estimate of drug-likeness (QED) is 0.916. The highest BCUT2D eigenvalue weighted by Crippen LogP contribution is 2.35. The van der Waals surface area contributed by atoms with Crippen LogP contribution in [0.15, 0.2) is 18.2 Å². The summed E-state index contributed by atoms with van der Waals surface area (Å²) < 4.78 is 33.0. The van der Waals surface area contributed by atoms with Crippen LogP contribution in [0, 0.1) is 23.5 Å². The van der Waals surface area contributed by atoms with Crippen molar-refractivity contribution in [3.8, 4) is 0 Å². The third-order valence-electron chi connectivity index (χ3n) is 4.63. The highest BCUT2D eigenvalue weighted by Gasteiger charge is 2.41. The molecule has 1 saturated heterocycles. The maximum Gasteiger partial charge on any atom is 0.162 e. The van der Waals surface area contributed by atoms with Crippen LogP contribution >= 0.6 is 0 Å². The predicted octanol–water partition coefficient (Wildman–Crippen LogP) is 3.15. The van der Waals surface area contributed by atoms with Crippen LogP contribution in [0.5, 0.6) is 0 Å². The molecule has 1 fully saturated rings. The summed E-state index contributed by atoms with van der Waals surface area (Å²) >= 11 is 0. The van der Waals surface area contributed by atoms with Gasteiger partial charge >= 0.3 is 0 Å². The zero-order chi connectivity index (χ0) is 14.9. The van der Waals surface area contributed by atoms with E-state index in [1.54, 1.807) is 12.1 Å². The Kier molecular flexibility index (Phi) is 4.76. The molecule has 0 bridgehead atoms. The number of nitrogens with one attached hydrogen (secondary N) is 1. The summed E-state index contributed by atoms with van der Waals surface area (Å²) in [6, 6.07) is 4.43. The van der Waals surface area contributed by atoms with Crippen molar-refractivity contribution in [1.82, 2.24) is 5.32 Å². The third kappa shape index (κ3) is 2.86. The molecule has 20 heavy (non-hydrogen) atoms. The van der Waals surface area contributed by atoms with E-state index in [9.17, 15) is 8.78 Å². The largest absolute Gasteiger partial charge is 0.375 e. The molecule has 1 N–H and O–H groups in total. The van der Waals surface area contributed by atoms with Gasteiger partial charge in [0.05, 0.1) is 12.2 Å². The fourth-order valence-electron chi connectivity index (χ4n) is 3.36. The predicted molar refractivity (Wildman–Crippen MR) is 75.6 cm³/mol. The topological polar surface area (TPSA) is 21.3 Å². The third-order valence-corrected chi connectivity index (χ3v) is 4.63. The van der Waals surface area contributed by atoms with Crippen LogP contribution in [0.25, 0.3) is 0 Å². The Bertz CT molecular complexity index is 466. The minimum Gasteiger partial charge on any atom is -0.375 e. The number of ether oxygens (including phenoxy) is 1. The lowest BCUT2D eigenvalue weighted by Crippen LogP contribution is -2.41. The van der Waals surface area contributed by atoms with Crippen molar-refractivity contribution in [2.45, 2.75) is 45.4 Å². The second kappa shape index (κ2) is 6.19. The molecular weight excluding hydrogens is 260 g/mol. The molecule has 112 valence electrons. The molecule has 1 aromatic carbocycles. The van der Waals surface area contributed by atoms with Gasteiger partial charge in [0.15, 0.2) is 11.6 Å². The number of benzene rings is 1. The van der Waals surface area contributed by atoms with Crippen molar-refractivity contribution in [1.29, 1.82) is 0 Å². The molecule has 0 radical (unpaired) electrons. The molecule has 4 heteroatoms. The molecule has 0 amide bonds. The number of hydrogen-bond acceptors (Lipinski definition) is 2. The van der Waals surface area contributed by atoms with Crippen LogP contribution in [-0.2, 0) is 11.2 Å². The van der Waals surface area contributed by atoms with E-state index < -0.39 is 11.6 Å². The van der Waals surface area contributed by atoms with Gasteiger partial charge in [-0.1, -0.05) is 19.1 Å². The van der Waals surface area contributed by atoms with E-state index in [1.165, 1.54) is 0 Å². The van der Waals surface area contributed by atoms with Crippen molar-refractivity contribution in [3.05, 3.63) is 35.4 Å². The van der Waals surface area contributed by atoms with Gasteiger partial charge < -0.3 is 10.1 Å². The maximum absolute atomic E-state index is 13.8. The molecule has 1 heterocycles. The molecule has 2 nitrogen and oxygen atoms in total. The summed E-state index contributed by atoms with van der Waals surface area (Å²) in [5.41, 5.74) is 0.420. The molecule has 1 aromatic rings. The molecule has 0 spiro atoms. The Balaban J connectivity index is 2.19. The Labute approximate surface area is 119 Å². The first kappa shape index (κ1) is 15.4. The van der Waals surface area contributed by atoms with Crippen LogP contribution in [0.2, 0.25) is 0 Å². The van der Waals surface area contributed by atoms with E-state index in [0.29, 0.717) is 17.9 Å². The monoisotopic (exact) mass is 283 g/mol. The molecule has 0 aliphatic carbocycles.